The Morgan fingerprint density at radius 2 is 1.90 bits per heavy atom. The van der Waals surface area contributed by atoms with Crippen LogP contribution in [0.4, 0.5) is 14.6 Å². The van der Waals surface area contributed by atoms with Crippen LogP contribution in [-0.4, -0.2) is 27.5 Å². The van der Waals surface area contributed by atoms with E-state index in [2.05, 4.69) is 15.6 Å². The number of carbonyl (C=O) groups excluding carboxylic acids is 1. The summed E-state index contributed by atoms with van der Waals surface area (Å²) in [7, 11) is 0. The Balaban J connectivity index is 1.44. The van der Waals surface area contributed by atoms with Crippen LogP contribution in [-0.2, 0) is 16.2 Å². The fourth-order valence-corrected chi connectivity index (χ4v) is 3.71. The summed E-state index contributed by atoms with van der Waals surface area (Å²) in [6, 6.07) is 10.3. The van der Waals surface area contributed by atoms with Gasteiger partial charge >= 0.3 is 0 Å². The highest BCUT2D eigenvalue weighted by Crippen LogP contribution is 2.26. The first kappa shape index (κ1) is 21.3. The maximum absolute atomic E-state index is 14.1. The van der Waals surface area contributed by atoms with Crippen molar-refractivity contribution >= 4 is 40.6 Å². The second-order valence-electron chi connectivity index (χ2n) is 6.95. The number of halogens is 4. The highest BCUT2D eigenvalue weighted by molar-refractivity contribution is 6.34. The molecule has 10 heteroatoms. The molecule has 1 aliphatic rings. The molecule has 1 aliphatic heterocycles. The lowest BCUT2D eigenvalue weighted by Gasteiger charge is -2.09. The normalized spacial score (nSPS) is 15.5. The van der Waals surface area contributed by atoms with Gasteiger partial charge in [0, 0.05) is 28.8 Å². The van der Waals surface area contributed by atoms with E-state index in [1.54, 1.807) is 19.1 Å². The molecular formula is C21H16Cl2F2N4O2. The maximum Gasteiger partial charge on any atom is 0.269 e. The van der Waals surface area contributed by atoms with Crippen molar-refractivity contribution in [3.63, 3.8) is 0 Å². The van der Waals surface area contributed by atoms with Crippen molar-refractivity contribution in [1.29, 1.82) is 0 Å². The molecule has 0 radical (unpaired) electrons. The standard InChI is InChI=1S/C21H16Cl2F2N4O2/c1-11-8-19(27-29(11)10-12-13(22)4-2-6-15(12)24)26-21(30)18-9-17(28-31-18)20-14(23)5-3-7-16(20)25/h2-8,18H,9-10H2,1H3,(H,26,27,30). The molecule has 160 valence electrons. The van der Waals surface area contributed by atoms with Crippen LogP contribution in [0.25, 0.3) is 0 Å². The molecule has 2 heterocycles. The van der Waals surface area contributed by atoms with Gasteiger partial charge in [0.25, 0.3) is 5.91 Å². The Morgan fingerprint density at radius 1 is 1.19 bits per heavy atom. The molecule has 0 fully saturated rings. The van der Waals surface area contributed by atoms with E-state index >= 15 is 0 Å². The molecule has 1 aromatic heterocycles. The minimum absolute atomic E-state index is 0.0526. The van der Waals surface area contributed by atoms with Crippen LogP contribution in [0.15, 0.2) is 47.6 Å². The van der Waals surface area contributed by atoms with Crippen LogP contribution in [0.1, 0.15) is 23.2 Å². The predicted octanol–water partition coefficient (Wildman–Crippen LogP) is 4.96. The summed E-state index contributed by atoms with van der Waals surface area (Å²) in [5.41, 5.74) is 1.35. The Morgan fingerprint density at radius 3 is 2.61 bits per heavy atom. The van der Waals surface area contributed by atoms with Gasteiger partial charge in [-0.2, -0.15) is 5.10 Å². The Bertz CT molecular complexity index is 1160. The van der Waals surface area contributed by atoms with Gasteiger partial charge in [-0.15, -0.1) is 0 Å². The zero-order valence-corrected chi connectivity index (χ0v) is 17.7. The quantitative estimate of drug-likeness (QED) is 0.580. The average molecular weight is 465 g/mol. The predicted molar refractivity (Wildman–Crippen MR) is 114 cm³/mol. The number of nitrogens with zero attached hydrogens (tertiary/aromatic N) is 3. The molecule has 1 N–H and O–H groups in total. The Kier molecular flexibility index (Phi) is 5.93. The lowest BCUT2D eigenvalue weighted by atomic mass is 10.0. The minimum Gasteiger partial charge on any atom is -0.382 e. The fraction of sp³-hybridized carbons (Fsp3) is 0.190. The molecule has 31 heavy (non-hydrogen) atoms. The lowest BCUT2D eigenvalue weighted by Crippen LogP contribution is -2.28. The monoisotopic (exact) mass is 464 g/mol. The van der Waals surface area contributed by atoms with Gasteiger partial charge in [0.05, 0.1) is 22.8 Å². The van der Waals surface area contributed by atoms with Gasteiger partial charge in [-0.3, -0.25) is 9.48 Å². The van der Waals surface area contributed by atoms with E-state index in [0.717, 1.165) is 0 Å². The van der Waals surface area contributed by atoms with E-state index < -0.39 is 23.6 Å². The van der Waals surface area contributed by atoms with Crippen LogP contribution in [0, 0.1) is 18.6 Å². The van der Waals surface area contributed by atoms with Crippen molar-refractivity contribution in [2.75, 3.05) is 5.32 Å². The number of hydrogen-bond acceptors (Lipinski definition) is 4. The topological polar surface area (TPSA) is 68.5 Å². The molecule has 0 spiro atoms. The van der Waals surface area contributed by atoms with E-state index in [-0.39, 0.29) is 40.1 Å². The number of nitrogens with one attached hydrogen (secondary N) is 1. The Hall–Kier alpha value is -2.97. The number of benzene rings is 2. The van der Waals surface area contributed by atoms with E-state index in [1.807, 2.05) is 0 Å². The molecule has 4 rings (SSSR count). The summed E-state index contributed by atoms with van der Waals surface area (Å²) in [5.74, 6) is -1.23. The average Bonchev–Trinajstić information content (AvgIpc) is 3.32. The lowest BCUT2D eigenvalue weighted by molar-refractivity contribution is -0.125. The second-order valence-corrected chi connectivity index (χ2v) is 7.77. The molecule has 0 saturated heterocycles. The number of anilines is 1. The van der Waals surface area contributed by atoms with E-state index in [4.69, 9.17) is 28.0 Å². The third-order valence-electron chi connectivity index (χ3n) is 4.81. The summed E-state index contributed by atoms with van der Waals surface area (Å²) >= 11 is 12.1. The van der Waals surface area contributed by atoms with Gasteiger partial charge in [0.15, 0.2) is 5.82 Å². The highest BCUT2D eigenvalue weighted by atomic mass is 35.5. The van der Waals surface area contributed by atoms with Crippen molar-refractivity contribution in [1.82, 2.24) is 9.78 Å². The molecular weight excluding hydrogens is 449 g/mol. The molecule has 1 atom stereocenters. The van der Waals surface area contributed by atoms with Crippen molar-refractivity contribution in [3.05, 3.63) is 81.0 Å². The zero-order chi connectivity index (χ0) is 22.1. The maximum atomic E-state index is 14.1. The van der Waals surface area contributed by atoms with Gasteiger partial charge in [-0.05, 0) is 31.2 Å². The number of oxime groups is 1. The molecule has 3 aromatic rings. The third-order valence-corrected chi connectivity index (χ3v) is 5.48. The molecule has 0 saturated carbocycles. The van der Waals surface area contributed by atoms with Gasteiger partial charge in [-0.1, -0.05) is 40.5 Å². The van der Waals surface area contributed by atoms with Crippen LogP contribution in [0.5, 0.6) is 0 Å². The van der Waals surface area contributed by atoms with E-state index in [9.17, 15) is 13.6 Å². The molecule has 0 aliphatic carbocycles. The molecule has 1 unspecified atom stereocenters. The van der Waals surface area contributed by atoms with Crippen molar-refractivity contribution < 1.29 is 18.4 Å². The smallest absolute Gasteiger partial charge is 0.269 e. The van der Waals surface area contributed by atoms with E-state index in [1.165, 1.54) is 35.0 Å². The van der Waals surface area contributed by atoms with Crippen molar-refractivity contribution in [2.45, 2.75) is 26.0 Å². The van der Waals surface area contributed by atoms with Crippen LogP contribution >= 0.6 is 23.2 Å². The van der Waals surface area contributed by atoms with Gasteiger partial charge in [-0.25, -0.2) is 8.78 Å². The molecule has 0 bridgehead atoms. The summed E-state index contributed by atoms with van der Waals surface area (Å²) in [5, 5.41) is 11.2. The van der Waals surface area contributed by atoms with Gasteiger partial charge in [0.2, 0.25) is 6.10 Å². The van der Waals surface area contributed by atoms with Crippen molar-refractivity contribution in [3.8, 4) is 0 Å². The SMILES string of the molecule is Cc1cc(NC(=O)C2CC(c3c(F)cccc3Cl)=NO2)nn1Cc1c(F)cccc1Cl. The molecule has 6 nitrogen and oxygen atoms in total. The fourth-order valence-electron chi connectivity index (χ4n) is 3.21. The summed E-state index contributed by atoms with van der Waals surface area (Å²) in [4.78, 5) is 17.8. The van der Waals surface area contributed by atoms with Gasteiger partial charge in [0.1, 0.15) is 11.6 Å². The van der Waals surface area contributed by atoms with Crippen LogP contribution in [0.2, 0.25) is 10.0 Å². The number of carbonyl (C=O) groups is 1. The number of aryl methyl sites for hydroxylation is 1. The summed E-state index contributed by atoms with van der Waals surface area (Å²) < 4.78 is 29.7. The third kappa shape index (κ3) is 4.40. The molecule has 2 aromatic carbocycles. The molecule has 1 amide bonds. The highest BCUT2D eigenvalue weighted by Gasteiger charge is 2.31. The second kappa shape index (κ2) is 8.64. The minimum atomic E-state index is -0.961. The first-order valence-electron chi connectivity index (χ1n) is 9.28. The number of hydrogen-bond donors (Lipinski definition) is 1. The van der Waals surface area contributed by atoms with E-state index in [0.29, 0.717) is 11.3 Å². The van der Waals surface area contributed by atoms with Crippen LogP contribution in [0.3, 0.4) is 0 Å². The first-order chi connectivity index (χ1) is 14.8. The Labute approximate surface area is 186 Å². The summed E-state index contributed by atoms with van der Waals surface area (Å²) in [6.07, 6.45) is -0.908. The number of rotatable bonds is 5. The van der Waals surface area contributed by atoms with Gasteiger partial charge < -0.3 is 10.2 Å². The summed E-state index contributed by atoms with van der Waals surface area (Å²) in [6.45, 7) is 1.87. The first-order valence-corrected chi connectivity index (χ1v) is 10.0. The number of amides is 1. The van der Waals surface area contributed by atoms with Crippen molar-refractivity contribution in [2.24, 2.45) is 5.16 Å². The largest absolute Gasteiger partial charge is 0.382 e. The van der Waals surface area contributed by atoms with Crippen LogP contribution < -0.4 is 5.32 Å². The number of aromatic nitrogens is 2. The zero-order valence-electron chi connectivity index (χ0n) is 16.2.